The lowest BCUT2D eigenvalue weighted by molar-refractivity contribution is -0.147. The maximum Gasteiger partial charge on any atom is 0.451 e. The highest BCUT2D eigenvalue weighted by Gasteiger charge is 2.37. The fourth-order valence-corrected chi connectivity index (χ4v) is 3.06. The smallest absolute Gasteiger partial charge is 0.451 e. The quantitative estimate of drug-likeness (QED) is 0.812. The molecule has 1 aliphatic heterocycles. The standard InChI is InChI=1S/C15H15F3N4O3S/c1-8(26-14-21-20-13(22(14)2)15(16,17)18)12(23)19-9-3-4-10-11(7-9)25-6-5-24-10/h3-4,7-8H,5-6H2,1-2H3,(H,19,23). The Morgan fingerprint density at radius 1 is 1.27 bits per heavy atom. The van der Waals surface area contributed by atoms with Crippen molar-refractivity contribution >= 4 is 23.4 Å². The first-order valence-electron chi connectivity index (χ1n) is 7.59. The van der Waals surface area contributed by atoms with Gasteiger partial charge in [0.15, 0.2) is 16.7 Å². The lowest BCUT2D eigenvalue weighted by Crippen LogP contribution is -2.23. The topological polar surface area (TPSA) is 78.3 Å². The van der Waals surface area contributed by atoms with Crippen molar-refractivity contribution in [3.8, 4) is 11.5 Å². The maximum atomic E-state index is 12.7. The summed E-state index contributed by atoms with van der Waals surface area (Å²) in [7, 11) is 1.20. The molecule has 1 unspecified atom stereocenters. The summed E-state index contributed by atoms with van der Waals surface area (Å²) >= 11 is 0.885. The molecule has 140 valence electrons. The number of aromatic nitrogens is 3. The van der Waals surface area contributed by atoms with E-state index >= 15 is 0 Å². The molecule has 1 aromatic carbocycles. The minimum atomic E-state index is -4.60. The van der Waals surface area contributed by atoms with Gasteiger partial charge in [0.05, 0.1) is 5.25 Å². The minimum absolute atomic E-state index is 0.00199. The molecule has 1 atom stereocenters. The van der Waals surface area contributed by atoms with Crippen LogP contribution in [0.3, 0.4) is 0 Å². The number of hydrogen-bond acceptors (Lipinski definition) is 6. The maximum absolute atomic E-state index is 12.7. The monoisotopic (exact) mass is 388 g/mol. The van der Waals surface area contributed by atoms with Crippen LogP contribution < -0.4 is 14.8 Å². The van der Waals surface area contributed by atoms with Gasteiger partial charge in [-0.2, -0.15) is 13.2 Å². The van der Waals surface area contributed by atoms with Gasteiger partial charge in [0.25, 0.3) is 0 Å². The van der Waals surface area contributed by atoms with E-state index in [4.69, 9.17) is 9.47 Å². The predicted octanol–water partition coefficient (Wildman–Crippen LogP) is 2.72. The number of ether oxygens (including phenoxy) is 2. The van der Waals surface area contributed by atoms with E-state index in [2.05, 4.69) is 15.5 Å². The lowest BCUT2D eigenvalue weighted by Gasteiger charge is -2.19. The average Bonchev–Trinajstić information content (AvgIpc) is 2.95. The second-order valence-electron chi connectivity index (χ2n) is 5.47. The first-order chi connectivity index (χ1) is 12.3. The predicted molar refractivity (Wildman–Crippen MR) is 87.4 cm³/mol. The van der Waals surface area contributed by atoms with Crippen LogP contribution in [0.5, 0.6) is 11.5 Å². The Hall–Kier alpha value is -2.43. The molecule has 0 fully saturated rings. The number of anilines is 1. The molecule has 1 N–H and O–H groups in total. The molecule has 1 aromatic heterocycles. The van der Waals surface area contributed by atoms with Crippen molar-refractivity contribution in [1.82, 2.24) is 14.8 Å². The second kappa shape index (κ2) is 7.06. The number of benzene rings is 1. The fraction of sp³-hybridized carbons (Fsp3) is 0.400. The highest BCUT2D eigenvalue weighted by atomic mass is 32.2. The van der Waals surface area contributed by atoms with Crippen LogP contribution in [0.1, 0.15) is 12.7 Å². The van der Waals surface area contributed by atoms with Gasteiger partial charge in [0.1, 0.15) is 13.2 Å². The van der Waals surface area contributed by atoms with Crippen LogP contribution in [0.15, 0.2) is 23.4 Å². The van der Waals surface area contributed by atoms with Gasteiger partial charge in [0, 0.05) is 18.8 Å². The molecule has 0 saturated heterocycles. The SMILES string of the molecule is CC(Sc1nnc(C(F)(F)F)n1C)C(=O)Nc1ccc2c(c1)OCCO2. The van der Waals surface area contributed by atoms with Crippen LogP contribution >= 0.6 is 11.8 Å². The fourth-order valence-electron chi connectivity index (χ4n) is 2.24. The molecule has 0 saturated carbocycles. The zero-order valence-electron chi connectivity index (χ0n) is 13.8. The zero-order chi connectivity index (χ0) is 18.9. The van der Waals surface area contributed by atoms with Crippen molar-refractivity contribution in [3.63, 3.8) is 0 Å². The van der Waals surface area contributed by atoms with Crippen LogP contribution in [0.25, 0.3) is 0 Å². The van der Waals surface area contributed by atoms with E-state index in [1.807, 2.05) is 0 Å². The number of fused-ring (bicyclic) bond motifs is 1. The molecule has 0 aliphatic carbocycles. The van der Waals surface area contributed by atoms with E-state index in [-0.39, 0.29) is 11.1 Å². The summed E-state index contributed by atoms with van der Waals surface area (Å²) in [6.45, 7) is 2.45. The van der Waals surface area contributed by atoms with Gasteiger partial charge in [-0.1, -0.05) is 11.8 Å². The van der Waals surface area contributed by atoms with E-state index in [0.717, 1.165) is 16.3 Å². The van der Waals surface area contributed by atoms with E-state index in [1.54, 1.807) is 25.1 Å². The van der Waals surface area contributed by atoms with Crippen molar-refractivity contribution in [2.45, 2.75) is 23.5 Å². The molecule has 7 nitrogen and oxygen atoms in total. The molecule has 0 spiro atoms. The third kappa shape index (κ3) is 3.87. The van der Waals surface area contributed by atoms with Gasteiger partial charge in [-0.25, -0.2) is 0 Å². The Labute approximate surface area is 150 Å². The Bertz CT molecular complexity index is 825. The van der Waals surface area contributed by atoms with Gasteiger partial charge < -0.3 is 19.4 Å². The molecular weight excluding hydrogens is 373 g/mol. The Morgan fingerprint density at radius 3 is 2.62 bits per heavy atom. The number of nitrogens with zero attached hydrogens (tertiary/aromatic N) is 3. The third-order valence-electron chi connectivity index (χ3n) is 3.55. The van der Waals surface area contributed by atoms with Crippen LogP contribution in [0.2, 0.25) is 0 Å². The third-order valence-corrected chi connectivity index (χ3v) is 4.68. The highest BCUT2D eigenvalue weighted by molar-refractivity contribution is 8.00. The van der Waals surface area contributed by atoms with Gasteiger partial charge >= 0.3 is 6.18 Å². The summed E-state index contributed by atoms with van der Waals surface area (Å²) in [5, 5.41) is 8.65. The molecule has 3 rings (SSSR count). The van der Waals surface area contributed by atoms with Crippen molar-refractivity contribution in [2.75, 3.05) is 18.5 Å². The normalized spacial score (nSPS) is 14.8. The molecule has 2 heterocycles. The van der Waals surface area contributed by atoms with Gasteiger partial charge in [-0.3, -0.25) is 4.79 Å². The van der Waals surface area contributed by atoms with E-state index in [9.17, 15) is 18.0 Å². The molecular formula is C15H15F3N4O3S. The summed E-state index contributed by atoms with van der Waals surface area (Å²) in [6, 6.07) is 4.97. The summed E-state index contributed by atoms with van der Waals surface area (Å²) in [4.78, 5) is 12.3. The molecule has 0 bridgehead atoms. The summed E-state index contributed by atoms with van der Waals surface area (Å²) in [5.74, 6) is -0.379. The molecule has 1 aliphatic rings. The molecule has 11 heteroatoms. The summed E-state index contributed by atoms with van der Waals surface area (Å²) in [5.41, 5.74) is 0.501. The molecule has 26 heavy (non-hydrogen) atoms. The first-order valence-corrected chi connectivity index (χ1v) is 8.47. The van der Waals surface area contributed by atoms with E-state index in [0.29, 0.717) is 30.4 Å². The number of rotatable bonds is 4. The van der Waals surface area contributed by atoms with Gasteiger partial charge in [-0.15, -0.1) is 10.2 Å². The molecule has 0 radical (unpaired) electrons. The lowest BCUT2D eigenvalue weighted by atomic mass is 10.2. The number of alkyl halides is 3. The Balaban J connectivity index is 1.66. The molecule has 2 aromatic rings. The van der Waals surface area contributed by atoms with Crippen molar-refractivity contribution in [2.24, 2.45) is 7.05 Å². The molecule has 1 amide bonds. The number of thioether (sulfide) groups is 1. The number of hydrogen-bond donors (Lipinski definition) is 1. The van der Waals surface area contributed by atoms with Crippen molar-refractivity contribution in [1.29, 1.82) is 0 Å². The van der Waals surface area contributed by atoms with Crippen molar-refractivity contribution < 1.29 is 27.4 Å². The number of halogens is 3. The van der Waals surface area contributed by atoms with E-state index < -0.39 is 17.3 Å². The largest absolute Gasteiger partial charge is 0.486 e. The van der Waals surface area contributed by atoms with Crippen LogP contribution in [0, 0.1) is 0 Å². The number of carbonyl (C=O) groups excluding carboxylic acids is 1. The van der Waals surface area contributed by atoms with Gasteiger partial charge in [-0.05, 0) is 19.1 Å². The minimum Gasteiger partial charge on any atom is -0.486 e. The van der Waals surface area contributed by atoms with E-state index in [1.165, 1.54) is 7.05 Å². The average molecular weight is 388 g/mol. The van der Waals surface area contributed by atoms with Crippen LogP contribution in [-0.4, -0.2) is 39.1 Å². The Kier molecular flexibility index (Phi) is 4.99. The highest BCUT2D eigenvalue weighted by Crippen LogP contribution is 2.33. The summed E-state index contributed by atoms with van der Waals surface area (Å²) < 4.78 is 49.9. The zero-order valence-corrected chi connectivity index (χ0v) is 14.6. The van der Waals surface area contributed by atoms with Crippen LogP contribution in [-0.2, 0) is 18.0 Å². The first kappa shape index (κ1) is 18.4. The summed E-state index contributed by atoms with van der Waals surface area (Å²) in [6.07, 6.45) is -4.60. The second-order valence-corrected chi connectivity index (χ2v) is 6.78. The number of carbonyl (C=O) groups is 1. The van der Waals surface area contributed by atoms with Crippen molar-refractivity contribution in [3.05, 3.63) is 24.0 Å². The Morgan fingerprint density at radius 2 is 1.96 bits per heavy atom. The van der Waals surface area contributed by atoms with Gasteiger partial charge in [0.2, 0.25) is 11.7 Å². The number of amides is 1. The van der Waals surface area contributed by atoms with Crippen LogP contribution in [0.4, 0.5) is 18.9 Å². The number of nitrogens with one attached hydrogen (secondary N) is 1.